The number of hydrogen-bond acceptors (Lipinski definition) is 4. The number of nitrogens with one attached hydrogen (secondary N) is 1. The molecule has 1 N–H and O–H groups in total. The normalized spacial score (nSPS) is 17.4. The number of benzene rings is 2. The van der Waals surface area contributed by atoms with Gasteiger partial charge in [-0.2, -0.15) is 0 Å². The smallest absolute Gasteiger partial charge is 0.227 e. The average Bonchev–Trinajstić information content (AvgIpc) is 3.32. The molecule has 1 fully saturated rings. The van der Waals surface area contributed by atoms with Crippen molar-refractivity contribution in [2.75, 3.05) is 18.6 Å². The van der Waals surface area contributed by atoms with Crippen LogP contribution < -0.4 is 15.0 Å². The lowest BCUT2D eigenvalue weighted by atomic mass is 10.0. The van der Waals surface area contributed by atoms with E-state index in [2.05, 4.69) is 19.2 Å². The molecule has 7 nitrogen and oxygen atoms in total. The van der Waals surface area contributed by atoms with Gasteiger partial charge in [-0.05, 0) is 42.3 Å². The number of ether oxygens (including phenoxy) is 1. The van der Waals surface area contributed by atoms with Crippen LogP contribution in [0.4, 0.5) is 5.69 Å². The van der Waals surface area contributed by atoms with Crippen molar-refractivity contribution < 1.29 is 14.3 Å². The number of hydrogen-bond donors (Lipinski definition) is 1. The summed E-state index contributed by atoms with van der Waals surface area (Å²) in [5.41, 5.74) is 2.71. The van der Waals surface area contributed by atoms with Crippen molar-refractivity contribution in [2.24, 2.45) is 18.9 Å². The first-order valence-electron chi connectivity index (χ1n) is 10.5. The van der Waals surface area contributed by atoms with E-state index in [1.165, 1.54) is 0 Å². The molecule has 0 bridgehead atoms. The van der Waals surface area contributed by atoms with Crippen molar-refractivity contribution in [1.82, 2.24) is 14.9 Å². The molecule has 7 heteroatoms. The number of amides is 2. The lowest BCUT2D eigenvalue weighted by Crippen LogP contribution is -2.38. The van der Waals surface area contributed by atoms with Gasteiger partial charge in [0.15, 0.2) is 0 Å². The summed E-state index contributed by atoms with van der Waals surface area (Å²) < 4.78 is 7.21. The van der Waals surface area contributed by atoms with Crippen molar-refractivity contribution in [3.63, 3.8) is 0 Å². The highest BCUT2D eigenvalue weighted by molar-refractivity contribution is 6.00. The maximum atomic E-state index is 13.1. The van der Waals surface area contributed by atoms with E-state index in [1.807, 2.05) is 60.1 Å². The second kappa shape index (κ2) is 8.41. The van der Waals surface area contributed by atoms with E-state index in [-0.39, 0.29) is 30.2 Å². The average molecular weight is 421 g/mol. The molecular formula is C24H28N4O3. The van der Waals surface area contributed by atoms with E-state index in [0.29, 0.717) is 6.54 Å². The Hall–Kier alpha value is -3.35. The Kier molecular flexibility index (Phi) is 5.67. The van der Waals surface area contributed by atoms with Gasteiger partial charge in [-0.25, -0.2) is 4.98 Å². The molecule has 2 aromatic carbocycles. The fraction of sp³-hybridized carbons (Fsp3) is 0.375. The Labute approximate surface area is 182 Å². The van der Waals surface area contributed by atoms with Gasteiger partial charge in [0.2, 0.25) is 11.8 Å². The van der Waals surface area contributed by atoms with E-state index in [0.717, 1.165) is 28.3 Å². The van der Waals surface area contributed by atoms with Crippen molar-refractivity contribution in [3.05, 3.63) is 54.4 Å². The third-order valence-electron chi connectivity index (χ3n) is 5.94. The van der Waals surface area contributed by atoms with Gasteiger partial charge >= 0.3 is 0 Å². The van der Waals surface area contributed by atoms with Crippen molar-refractivity contribution in [3.8, 4) is 5.75 Å². The first-order valence-corrected chi connectivity index (χ1v) is 10.5. The van der Waals surface area contributed by atoms with Crippen LogP contribution in [0.5, 0.6) is 5.75 Å². The third-order valence-corrected chi connectivity index (χ3v) is 5.94. The molecule has 2 atom stereocenters. The number of carbonyl (C=O) groups is 2. The van der Waals surface area contributed by atoms with Gasteiger partial charge in [0.05, 0.1) is 30.1 Å². The Morgan fingerprint density at radius 1 is 1.16 bits per heavy atom. The summed E-state index contributed by atoms with van der Waals surface area (Å²) in [6.07, 6.45) is 0.200. The number of carbonyl (C=O) groups excluding carboxylic acids is 2. The number of nitrogens with zero attached hydrogens (tertiary/aromatic N) is 3. The minimum absolute atomic E-state index is 0.0471. The molecule has 0 saturated carbocycles. The molecule has 4 rings (SSSR count). The summed E-state index contributed by atoms with van der Waals surface area (Å²) in [6, 6.07) is 15.0. The summed E-state index contributed by atoms with van der Waals surface area (Å²) in [5.74, 6) is 1.14. The maximum absolute atomic E-state index is 13.1. The molecule has 1 aliphatic rings. The molecule has 2 amide bonds. The summed E-state index contributed by atoms with van der Waals surface area (Å²) in [5, 5.41) is 3.17. The predicted octanol–water partition coefficient (Wildman–Crippen LogP) is 3.45. The quantitative estimate of drug-likeness (QED) is 0.663. The van der Waals surface area contributed by atoms with E-state index >= 15 is 0 Å². The number of anilines is 1. The van der Waals surface area contributed by atoms with E-state index in [1.54, 1.807) is 12.0 Å². The highest BCUT2D eigenvalue weighted by Gasteiger charge is 2.37. The van der Waals surface area contributed by atoms with Gasteiger partial charge < -0.3 is 19.5 Å². The SMILES string of the molecule is COc1ccc(N2CC(C(=O)N[C@H](c3nc4ccccc4n3C)C(C)C)CC2=O)cc1. The molecule has 31 heavy (non-hydrogen) atoms. The van der Waals surface area contributed by atoms with Gasteiger partial charge in [0, 0.05) is 25.7 Å². The molecule has 0 spiro atoms. The molecule has 2 heterocycles. The van der Waals surface area contributed by atoms with Gasteiger partial charge in [-0.15, -0.1) is 0 Å². The number of fused-ring (bicyclic) bond motifs is 1. The van der Waals surface area contributed by atoms with Crippen LogP contribution in [0.15, 0.2) is 48.5 Å². The molecule has 1 unspecified atom stereocenters. The number of methoxy groups -OCH3 is 1. The lowest BCUT2D eigenvalue weighted by Gasteiger charge is -2.24. The van der Waals surface area contributed by atoms with Crippen LogP contribution in [0.25, 0.3) is 11.0 Å². The highest BCUT2D eigenvalue weighted by Crippen LogP contribution is 2.29. The van der Waals surface area contributed by atoms with Crippen molar-refractivity contribution >= 4 is 28.5 Å². The zero-order valence-electron chi connectivity index (χ0n) is 18.3. The van der Waals surface area contributed by atoms with Crippen LogP contribution in [-0.2, 0) is 16.6 Å². The van der Waals surface area contributed by atoms with Gasteiger partial charge in [-0.1, -0.05) is 26.0 Å². The number of rotatable bonds is 6. The summed E-state index contributed by atoms with van der Waals surface area (Å²) in [7, 11) is 3.57. The first kappa shape index (κ1) is 20.9. The van der Waals surface area contributed by atoms with E-state index < -0.39 is 5.92 Å². The van der Waals surface area contributed by atoms with Crippen LogP contribution in [0.3, 0.4) is 0 Å². The lowest BCUT2D eigenvalue weighted by molar-refractivity contribution is -0.127. The van der Waals surface area contributed by atoms with Crippen LogP contribution >= 0.6 is 0 Å². The van der Waals surface area contributed by atoms with E-state index in [9.17, 15) is 9.59 Å². The summed E-state index contributed by atoms with van der Waals surface area (Å²) in [6.45, 7) is 4.49. The van der Waals surface area contributed by atoms with Crippen LogP contribution in [0.2, 0.25) is 0 Å². The largest absolute Gasteiger partial charge is 0.497 e. The number of para-hydroxylation sites is 2. The topological polar surface area (TPSA) is 76.5 Å². The fourth-order valence-corrected chi connectivity index (χ4v) is 4.14. The predicted molar refractivity (Wildman–Crippen MR) is 120 cm³/mol. The molecule has 0 aliphatic carbocycles. The first-order chi connectivity index (χ1) is 14.9. The minimum Gasteiger partial charge on any atom is -0.497 e. The fourth-order valence-electron chi connectivity index (χ4n) is 4.14. The Balaban J connectivity index is 1.51. The molecular weight excluding hydrogens is 392 g/mol. The summed E-state index contributed by atoms with van der Waals surface area (Å²) >= 11 is 0. The van der Waals surface area contributed by atoms with Crippen LogP contribution in [0.1, 0.15) is 32.1 Å². The number of imidazole rings is 1. The Morgan fingerprint density at radius 2 is 1.87 bits per heavy atom. The van der Waals surface area contributed by atoms with Gasteiger partial charge in [0.1, 0.15) is 11.6 Å². The number of aryl methyl sites for hydroxylation is 1. The third kappa shape index (κ3) is 4.00. The standard InChI is InChI=1S/C24H28N4O3/c1-15(2)22(23-25-19-7-5-6-8-20(19)27(23)3)26-24(30)16-13-21(29)28(14-16)17-9-11-18(31-4)12-10-17/h5-12,15-16,22H,13-14H2,1-4H3,(H,26,30)/t16?,22-/m0/s1. The Morgan fingerprint density at radius 3 is 2.52 bits per heavy atom. The Bertz CT molecular complexity index is 1100. The molecule has 1 aromatic heterocycles. The molecule has 3 aromatic rings. The second-order valence-electron chi connectivity index (χ2n) is 8.35. The molecule has 162 valence electrons. The monoisotopic (exact) mass is 420 g/mol. The molecule has 1 aliphatic heterocycles. The van der Waals surface area contributed by atoms with Crippen molar-refractivity contribution in [2.45, 2.75) is 26.3 Å². The minimum atomic E-state index is -0.398. The maximum Gasteiger partial charge on any atom is 0.227 e. The molecule has 1 saturated heterocycles. The van der Waals surface area contributed by atoms with E-state index in [4.69, 9.17) is 9.72 Å². The highest BCUT2D eigenvalue weighted by atomic mass is 16.5. The van der Waals surface area contributed by atoms with Crippen molar-refractivity contribution in [1.29, 1.82) is 0 Å². The zero-order chi connectivity index (χ0) is 22.1. The van der Waals surface area contributed by atoms with Gasteiger partial charge in [-0.3, -0.25) is 9.59 Å². The van der Waals surface area contributed by atoms with Crippen LogP contribution in [-0.4, -0.2) is 35.0 Å². The zero-order valence-corrected chi connectivity index (χ0v) is 18.3. The second-order valence-corrected chi connectivity index (χ2v) is 8.35. The van der Waals surface area contributed by atoms with Gasteiger partial charge in [0.25, 0.3) is 0 Å². The van der Waals surface area contributed by atoms with Crippen LogP contribution in [0, 0.1) is 11.8 Å². The summed E-state index contributed by atoms with van der Waals surface area (Å²) in [4.78, 5) is 32.2. The number of aromatic nitrogens is 2. The molecule has 0 radical (unpaired) electrons.